The Morgan fingerprint density at radius 2 is 2.14 bits per heavy atom. The summed E-state index contributed by atoms with van der Waals surface area (Å²) in [5.41, 5.74) is -1.47. The number of pyridine rings is 1. The van der Waals surface area contributed by atoms with E-state index < -0.39 is 23.1 Å². The van der Waals surface area contributed by atoms with E-state index in [0.717, 1.165) is 18.3 Å². The number of carbonyl (C=O) groups excluding carboxylic acids is 1. The predicted octanol–water partition coefficient (Wildman–Crippen LogP) is 2.47. The Kier molecular flexibility index (Phi) is 2.69. The maximum atomic E-state index is 12.3. The topological polar surface area (TPSA) is 30.0 Å². The number of hydrogen-bond acceptors (Lipinski definition) is 2. The molecule has 0 radical (unpaired) electrons. The standard InChI is InChI=1S/C9H6F3NO/c1-2-8(14)6-3-4-13-5-7(6)9(10,11)12/h2-5H,1H2. The first kappa shape index (κ1) is 10.4. The summed E-state index contributed by atoms with van der Waals surface area (Å²) in [6, 6.07) is 1.02. The van der Waals surface area contributed by atoms with Crippen LogP contribution in [0.2, 0.25) is 0 Å². The van der Waals surface area contributed by atoms with Gasteiger partial charge in [-0.05, 0) is 12.1 Å². The van der Waals surface area contributed by atoms with Crippen molar-refractivity contribution in [3.8, 4) is 0 Å². The summed E-state index contributed by atoms with van der Waals surface area (Å²) in [5.74, 6) is -0.764. The Balaban J connectivity index is 3.30. The maximum absolute atomic E-state index is 12.3. The van der Waals surface area contributed by atoms with Crippen LogP contribution in [-0.4, -0.2) is 10.8 Å². The molecule has 1 aromatic rings. The van der Waals surface area contributed by atoms with E-state index in [1.807, 2.05) is 0 Å². The molecule has 1 aromatic heterocycles. The zero-order valence-corrected chi connectivity index (χ0v) is 7.01. The average Bonchev–Trinajstić information content (AvgIpc) is 2.15. The molecule has 0 aliphatic rings. The van der Waals surface area contributed by atoms with Crippen molar-refractivity contribution in [1.82, 2.24) is 4.98 Å². The van der Waals surface area contributed by atoms with E-state index in [1.165, 1.54) is 0 Å². The van der Waals surface area contributed by atoms with Crippen molar-refractivity contribution in [3.63, 3.8) is 0 Å². The highest BCUT2D eigenvalue weighted by Crippen LogP contribution is 2.31. The second-order valence-electron chi connectivity index (χ2n) is 2.49. The number of carbonyl (C=O) groups is 1. The molecule has 0 saturated carbocycles. The molecular weight excluding hydrogens is 195 g/mol. The molecular formula is C9H6F3NO. The van der Waals surface area contributed by atoms with Gasteiger partial charge in [-0.25, -0.2) is 0 Å². The molecule has 0 atom stereocenters. The summed E-state index contributed by atoms with van der Waals surface area (Å²) >= 11 is 0. The third kappa shape index (κ3) is 1.99. The highest BCUT2D eigenvalue weighted by molar-refractivity contribution is 6.05. The van der Waals surface area contributed by atoms with Crippen LogP contribution in [0, 0.1) is 0 Å². The van der Waals surface area contributed by atoms with Crippen molar-refractivity contribution in [1.29, 1.82) is 0 Å². The van der Waals surface area contributed by atoms with Crippen molar-refractivity contribution < 1.29 is 18.0 Å². The van der Waals surface area contributed by atoms with E-state index in [4.69, 9.17) is 0 Å². The molecule has 0 aromatic carbocycles. The van der Waals surface area contributed by atoms with Gasteiger partial charge in [0, 0.05) is 18.0 Å². The molecule has 0 aliphatic heterocycles. The zero-order chi connectivity index (χ0) is 10.8. The molecule has 74 valence electrons. The first-order valence-corrected chi connectivity index (χ1v) is 3.65. The number of aromatic nitrogens is 1. The molecule has 0 spiro atoms. The van der Waals surface area contributed by atoms with Gasteiger partial charge in [0.05, 0.1) is 5.56 Å². The van der Waals surface area contributed by atoms with E-state index in [9.17, 15) is 18.0 Å². The van der Waals surface area contributed by atoms with Crippen LogP contribution in [0.1, 0.15) is 15.9 Å². The van der Waals surface area contributed by atoms with Gasteiger partial charge in [-0.2, -0.15) is 13.2 Å². The summed E-state index contributed by atoms with van der Waals surface area (Å²) in [7, 11) is 0. The molecule has 0 fully saturated rings. The van der Waals surface area contributed by atoms with E-state index >= 15 is 0 Å². The van der Waals surface area contributed by atoms with Gasteiger partial charge in [0.15, 0.2) is 5.78 Å². The maximum Gasteiger partial charge on any atom is 0.418 e. The van der Waals surface area contributed by atoms with E-state index in [1.54, 1.807) is 0 Å². The highest BCUT2D eigenvalue weighted by atomic mass is 19.4. The molecule has 2 nitrogen and oxygen atoms in total. The van der Waals surface area contributed by atoms with E-state index in [2.05, 4.69) is 11.6 Å². The number of alkyl halides is 3. The Hall–Kier alpha value is -1.65. The number of allylic oxidation sites excluding steroid dienone is 1. The third-order valence-electron chi connectivity index (χ3n) is 1.58. The Labute approximate surface area is 78.1 Å². The van der Waals surface area contributed by atoms with Crippen LogP contribution >= 0.6 is 0 Å². The fraction of sp³-hybridized carbons (Fsp3) is 0.111. The van der Waals surface area contributed by atoms with Gasteiger partial charge in [0.25, 0.3) is 0 Å². The second-order valence-corrected chi connectivity index (χ2v) is 2.49. The van der Waals surface area contributed by atoms with Crippen LogP contribution in [-0.2, 0) is 6.18 Å². The highest BCUT2D eigenvalue weighted by Gasteiger charge is 2.34. The molecule has 1 heterocycles. The van der Waals surface area contributed by atoms with Crippen molar-refractivity contribution in [2.24, 2.45) is 0 Å². The van der Waals surface area contributed by atoms with Crippen LogP contribution in [0.15, 0.2) is 31.1 Å². The molecule has 14 heavy (non-hydrogen) atoms. The van der Waals surface area contributed by atoms with Crippen LogP contribution in [0.5, 0.6) is 0 Å². The van der Waals surface area contributed by atoms with Crippen LogP contribution < -0.4 is 0 Å². The normalized spacial score (nSPS) is 11.1. The van der Waals surface area contributed by atoms with Crippen molar-refractivity contribution in [2.75, 3.05) is 0 Å². The minimum Gasteiger partial charge on any atom is -0.289 e. The number of hydrogen-bond donors (Lipinski definition) is 0. The van der Waals surface area contributed by atoms with Crippen LogP contribution in [0.3, 0.4) is 0 Å². The fourth-order valence-corrected chi connectivity index (χ4v) is 0.945. The van der Waals surface area contributed by atoms with Crippen molar-refractivity contribution >= 4 is 5.78 Å². The molecule has 5 heteroatoms. The third-order valence-corrected chi connectivity index (χ3v) is 1.58. The van der Waals surface area contributed by atoms with Gasteiger partial charge < -0.3 is 0 Å². The van der Waals surface area contributed by atoms with Crippen molar-refractivity contribution in [2.45, 2.75) is 6.18 Å². The molecule has 0 N–H and O–H groups in total. The van der Waals surface area contributed by atoms with Gasteiger partial charge in [0.2, 0.25) is 0 Å². The Morgan fingerprint density at radius 1 is 1.50 bits per heavy atom. The van der Waals surface area contributed by atoms with Crippen LogP contribution in [0.4, 0.5) is 13.2 Å². The summed E-state index contributed by atoms with van der Waals surface area (Å²) in [5, 5.41) is 0. The smallest absolute Gasteiger partial charge is 0.289 e. The lowest BCUT2D eigenvalue weighted by Gasteiger charge is -2.09. The average molecular weight is 201 g/mol. The van der Waals surface area contributed by atoms with Gasteiger partial charge in [-0.3, -0.25) is 9.78 Å². The van der Waals surface area contributed by atoms with Gasteiger partial charge >= 0.3 is 6.18 Å². The number of rotatable bonds is 2. The van der Waals surface area contributed by atoms with E-state index in [0.29, 0.717) is 6.20 Å². The first-order chi connectivity index (χ1) is 6.46. The fourth-order valence-electron chi connectivity index (χ4n) is 0.945. The van der Waals surface area contributed by atoms with Gasteiger partial charge in [-0.15, -0.1) is 0 Å². The number of nitrogens with zero attached hydrogens (tertiary/aromatic N) is 1. The lowest BCUT2D eigenvalue weighted by atomic mass is 10.1. The molecule has 0 amide bonds. The molecule has 0 unspecified atom stereocenters. The molecule has 0 saturated heterocycles. The Morgan fingerprint density at radius 3 is 2.64 bits per heavy atom. The van der Waals surface area contributed by atoms with Gasteiger partial charge in [0.1, 0.15) is 0 Å². The summed E-state index contributed by atoms with van der Waals surface area (Å²) < 4.78 is 37.0. The van der Waals surface area contributed by atoms with Crippen molar-refractivity contribution in [3.05, 3.63) is 42.2 Å². The first-order valence-electron chi connectivity index (χ1n) is 3.65. The molecule has 0 bridgehead atoms. The monoisotopic (exact) mass is 201 g/mol. The number of ketones is 1. The zero-order valence-electron chi connectivity index (χ0n) is 7.01. The predicted molar refractivity (Wildman–Crippen MR) is 43.8 cm³/mol. The SMILES string of the molecule is C=CC(=O)c1ccncc1C(F)(F)F. The largest absolute Gasteiger partial charge is 0.418 e. The Bertz CT molecular complexity index is 371. The van der Waals surface area contributed by atoms with Crippen LogP contribution in [0.25, 0.3) is 0 Å². The summed E-state index contributed by atoms with van der Waals surface area (Å²) in [6.45, 7) is 3.12. The molecule has 1 rings (SSSR count). The minimum atomic E-state index is -4.57. The molecule has 0 aliphatic carbocycles. The van der Waals surface area contributed by atoms with E-state index in [-0.39, 0.29) is 0 Å². The summed E-state index contributed by atoms with van der Waals surface area (Å²) in [4.78, 5) is 14.4. The number of halogens is 3. The minimum absolute atomic E-state index is 0.428. The lowest BCUT2D eigenvalue weighted by molar-refractivity contribution is -0.138. The van der Waals surface area contributed by atoms with Gasteiger partial charge in [-0.1, -0.05) is 6.58 Å². The quantitative estimate of drug-likeness (QED) is 0.543. The lowest BCUT2D eigenvalue weighted by Crippen LogP contribution is -2.12. The summed E-state index contributed by atoms with van der Waals surface area (Å²) in [6.07, 6.45) is -1.98. The second kappa shape index (κ2) is 3.61.